The number of benzene rings is 3. The summed E-state index contributed by atoms with van der Waals surface area (Å²) >= 11 is 6.54. The predicted octanol–water partition coefficient (Wildman–Crippen LogP) is 5.86. The van der Waals surface area contributed by atoms with Crippen molar-refractivity contribution in [2.24, 2.45) is 0 Å². The molecule has 6 nitrogen and oxygen atoms in total. The minimum atomic E-state index is -0.288. The zero-order valence-electron chi connectivity index (χ0n) is 18.2. The largest absolute Gasteiger partial charge is 0.324 e. The topological polar surface area (TPSA) is 71.8 Å². The van der Waals surface area contributed by atoms with Gasteiger partial charge in [0, 0.05) is 16.3 Å². The average Bonchev–Trinajstić information content (AvgIpc) is 3.22. The van der Waals surface area contributed by atoms with E-state index in [1.54, 1.807) is 16.8 Å². The molecule has 33 heavy (non-hydrogen) atoms. The van der Waals surface area contributed by atoms with E-state index in [-0.39, 0.29) is 17.9 Å². The van der Waals surface area contributed by atoms with Gasteiger partial charge in [0.1, 0.15) is 6.04 Å². The third-order valence-electron chi connectivity index (χ3n) is 5.59. The van der Waals surface area contributed by atoms with Gasteiger partial charge in [0.05, 0.1) is 0 Å². The van der Waals surface area contributed by atoms with Gasteiger partial charge in [0.15, 0.2) is 0 Å². The number of aromatic nitrogens is 3. The molecule has 1 aromatic heterocycles. The number of halogens is 1. The Hall–Kier alpha value is -3.90. The van der Waals surface area contributed by atoms with Crippen LogP contribution in [0.1, 0.15) is 38.7 Å². The molecule has 1 atom stereocenters. The molecule has 1 amide bonds. The van der Waals surface area contributed by atoms with Crippen molar-refractivity contribution < 1.29 is 4.79 Å². The molecule has 0 bridgehead atoms. The van der Waals surface area contributed by atoms with E-state index in [1.807, 2.05) is 43.3 Å². The third-order valence-corrected chi connectivity index (χ3v) is 5.94. The Kier molecular flexibility index (Phi) is 5.44. The molecule has 1 aliphatic rings. The van der Waals surface area contributed by atoms with Crippen LogP contribution in [-0.4, -0.2) is 20.7 Å². The minimum Gasteiger partial charge on any atom is -0.324 e. The highest BCUT2D eigenvalue weighted by molar-refractivity contribution is 6.31. The van der Waals surface area contributed by atoms with Gasteiger partial charge in [-0.15, -0.1) is 5.10 Å². The second-order valence-corrected chi connectivity index (χ2v) is 8.47. The minimum absolute atomic E-state index is 0.221. The molecular weight excluding hydrogens is 434 g/mol. The van der Waals surface area contributed by atoms with Gasteiger partial charge < -0.3 is 5.32 Å². The molecule has 0 aliphatic carbocycles. The van der Waals surface area contributed by atoms with Gasteiger partial charge in [-0.05, 0) is 49.2 Å². The highest BCUT2D eigenvalue weighted by Gasteiger charge is 2.27. The summed E-state index contributed by atoms with van der Waals surface area (Å²) in [6, 6.07) is 23.0. The number of aryl methyl sites for hydroxylation is 2. The summed E-state index contributed by atoms with van der Waals surface area (Å²) in [5, 5.41) is 11.4. The van der Waals surface area contributed by atoms with E-state index >= 15 is 0 Å². The van der Waals surface area contributed by atoms with Crippen LogP contribution in [0, 0.1) is 13.8 Å². The van der Waals surface area contributed by atoms with E-state index < -0.39 is 0 Å². The van der Waals surface area contributed by atoms with Crippen LogP contribution in [0.3, 0.4) is 0 Å². The molecule has 2 heterocycles. The number of allylic oxidation sites excluding steroid dienone is 1. The molecular formula is C26H22ClN5O. The number of fused-ring (bicyclic) bond motifs is 1. The summed E-state index contributed by atoms with van der Waals surface area (Å²) in [5.41, 5.74) is 5.63. The monoisotopic (exact) mass is 455 g/mol. The lowest BCUT2D eigenvalue weighted by Crippen LogP contribution is -2.20. The van der Waals surface area contributed by atoms with Crippen LogP contribution in [0.5, 0.6) is 0 Å². The normalized spacial score (nSPS) is 14.8. The molecule has 0 spiro atoms. The van der Waals surface area contributed by atoms with Crippen molar-refractivity contribution in [1.29, 1.82) is 0 Å². The van der Waals surface area contributed by atoms with Crippen molar-refractivity contribution in [2.45, 2.75) is 19.9 Å². The van der Waals surface area contributed by atoms with Crippen LogP contribution < -0.4 is 10.6 Å². The number of carbonyl (C=O) groups is 1. The summed E-state index contributed by atoms with van der Waals surface area (Å²) < 4.78 is 1.74. The molecule has 0 radical (unpaired) electrons. The Labute approximate surface area is 196 Å². The lowest BCUT2D eigenvalue weighted by atomic mass is 10.0. The Morgan fingerprint density at radius 1 is 0.970 bits per heavy atom. The maximum atomic E-state index is 12.7. The fourth-order valence-corrected chi connectivity index (χ4v) is 4.01. The van der Waals surface area contributed by atoms with Crippen molar-refractivity contribution in [2.75, 3.05) is 10.6 Å². The standard InChI is InChI=1S/C26H22ClN5O/c1-16-7-11-18(12-8-16)22-15-23(20-5-3-4-6-21(20)27)32-26(28-22)30-25(31-32)29-24(33)19-13-9-17(2)10-14-19/h3-15,23H,1-2H3,(H2,28,29,30,31,33). The number of carbonyl (C=O) groups excluding carboxylic acids is 1. The molecule has 4 aromatic rings. The van der Waals surface area contributed by atoms with Gasteiger partial charge in [0.25, 0.3) is 11.9 Å². The molecule has 0 fully saturated rings. The van der Waals surface area contributed by atoms with Gasteiger partial charge in [-0.1, -0.05) is 77.3 Å². The third kappa shape index (κ3) is 4.25. The summed E-state index contributed by atoms with van der Waals surface area (Å²) in [6.45, 7) is 4.03. The van der Waals surface area contributed by atoms with Crippen molar-refractivity contribution >= 4 is 35.1 Å². The number of rotatable bonds is 4. The zero-order chi connectivity index (χ0) is 22.9. The molecule has 164 valence electrons. The van der Waals surface area contributed by atoms with E-state index in [0.29, 0.717) is 16.5 Å². The zero-order valence-corrected chi connectivity index (χ0v) is 19.0. The van der Waals surface area contributed by atoms with Gasteiger partial charge in [-0.25, -0.2) is 4.68 Å². The number of nitrogens with one attached hydrogen (secondary N) is 2. The first-order chi connectivity index (χ1) is 16.0. The number of amides is 1. The van der Waals surface area contributed by atoms with Crippen LogP contribution in [0.2, 0.25) is 5.02 Å². The highest BCUT2D eigenvalue weighted by atomic mass is 35.5. The summed E-state index contributed by atoms with van der Waals surface area (Å²) in [6.07, 6.45) is 2.07. The average molecular weight is 456 g/mol. The molecule has 0 saturated carbocycles. The van der Waals surface area contributed by atoms with E-state index in [0.717, 1.165) is 22.4 Å². The molecule has 5 rings (SSSR count). The van der Waals surface area contributed by atoms with Crippen LogP contribution in [0.4, 0.5) is 11.9 Å². The number of nitrogens with zero attached hydrogens (tertiary/aromatic N) is 3. The van der Waals surface area contributed by atoms with E-state index in [9.17, 15) is 4.79 Å². The molecule has 2 N–H and O–H groups in total. The molecule has 1 aliphatic heterocycles. The van der Waals surface area contributed by atoms with E-state index in [2.05, 4.69) is 58.0 Å². The van der Waals surface area contributed by atoms with Crippen molar-refractivity contribution in [1.82, 2.24) is 14.8 Å². The Bertz CT molecular complexity index is 1360. The van der Waals surface area contributed by atoms with E-state index in [4.69, 9.17) is 11.6 Å². The molecule has 1 unspecified atom stereocenters. The first kappa shape index (κ1) is 21.0. The number of hydrogen-bond acceptors (Lipinski definition) is 4. The Balaban J connectivity index is 1.52. The van der Waals surface area contributed by atoms with Gasteiger partial charge in [-0.2, -0.15) is 4.98 Å². The Morgan fingerprint density at radius 3 is 2.33 bits per heavy atom. The molecule has 7 heteroatoms. The van der Waals surface area contributed by atoms with Crippen LogP contribution in [0.15, 0.2) is 78.9 Å². The Morgan fingerprint density at radius 2 is 1.64 bits per heavy atom. The van der Waals surface area contributed by atoms with Gasteiger partial charge in [0.2, 0.25) is 5.95 Å². The van der Waals surface area contributed by atoms with Crippen LogP contribution >= 0.6 is 11.6 Å². The second kappa shape index (κ2) is 8.56. The first-order valence-electron chi connectivity index (χ1n) is 10.6. The number of anilines is 2. The molecule has 3 aromatic carbocycles. The fraction of sp³-hybridized carbons (Fsp3) is 0.115. The summed E-state index contributed by atoms with van der Waals surface area (Å²) in [4.78, 5) is 17.3. The maximum absolute atomic E-state index is 12.7. The lowest BCUT2D eigenvalue weighted by Gasteiger charge is -2.25. The quantitative estimate of drug-likeness (QED) is 0.404. The lowest BCUT2D eigenvalue weighted by molar-refractivity contribution is 0.102. The summed E-state index contributed by atoms with van der Waals surface area (Å²) in [7, 11) is 0. The van der Waals surface area contributed by atoms with Crippen molar-refractivity contribution in [3.63, 3.8) is 0 Å². The fourth-order valence-electron chi connectivity index (χ4n) is 3.76. The van der Waals surface area contributed by atoms with Crippen molar-refractivity contribution in [3.8, 4) is 0 Å². The highest BCUT2D eigenvalue weighted by Crippen LogP contribution is 2.36. The smallest absolute Gasteiger partial charge is 0.258 e. The van der Waals surface area contributed by atoms with Crippen LogP contribution in [0.25, 0.3) is 5.70 Å². The molecule has 0 saturated heterocycles. The SMILES string of the molecule is Cc1ccc(C(=O)Nc2nc3n(n2)C(c2ccccc2Cl)C=C(c2ccc(C)cc2)N3)cc1. The first-order valence-corrected chi connectivity index (χ1v) is 11.0. The van der Waals surface area contributed by atoms with Crippen molar-refractivity contribution in [3.05, 3.63) is 112 Å². The second-order valence-electron chi connectivity index (χ2n) is 8.06. The van der Waals surface area contributed by atoms with Crippen LogP contribution in [-0.2, 0) is 0 Å². The predicted molar refractivity (Wildman–Crippen MR) is 132 cm³/mol. The summed E-state index contributed by atoms with van der Waals surface area (Å²) in [5.74, 6) is 0.481. The number of hydrogen-bond donors (Lipinski definition) is 2. The van der Waals surface area contributed by atoms with E-state index in [1.165, 1.54) is 5.56 Å². The van der Waals surface area contributed by atoms with Gasteiger partial charge in [-0.3, -0.25) is 10.1 Å². The maximum Gasteiger partial charge on any atom is 0.258 e. The van der Waals surface area contributed by atoms with Gasteiger partial charge >= 0.3 is 0 Å².